The summed E-state index contributed by atoms with van der Waals surface area (Å²) in [5.74, 6) is 0. The number of benzene rings is 1. The minimum absolute atomic E-state index is 0. The van der Waals surface area contributed by atoms with E-state index in [4.69, 9.17) is 0 Å². The molecule has 0 atom stereocenters. The third-order valence-corrected chi connectivity index (χ3v) is 4.31. The van der Waals surface area contributed by atoms with E-state index in [2.05, 4.69) is 38.1 Å². The van der Waals surface area contributed by atoms with Crippen molar-refractivity contribution in [3.05, 3.63) is 35.4 Å². The first-order valence-corrected chi connectivity index (χ1v) is 8.89. The van der Waals surface area contributed by atoms with Crippen molar-refractivity contribution in [1.29, 1.82) is 0 Å². The lowest BCUT2D eigenvalue weighted by Gasteiger charge is -2.05. The monoisotopic (exact) mass is 291 g/mol. The molecule has 0 amide bonds. The zero-order chi connectivity index (χ0) is 14.5. The summed E-state index contributed by atoms with van der Waals surface area (Å²) in [6.45, 7) is 4.52. The maximum Gasteiger partial charge on any atom is -0.0276 e. The van der Waals surface area contributed by atoms with Crippen molar-refractivity contribution in [2.45, 2.75) is 90.9 Å². The maximum absolute atomic E-state index is 2.29. The van der Waals surface area contributed by atoms with Crippen LogP contribution in [0.25, 0.3) is 0 Å². The van der Waals surface area contributed by atoms with E-state index in [0.717, 1.165) is 0 Å². The molecule has 1 aromatic rings. The third kappa shape index (κ3) is 10.5. The third-order valence-electron chi connectivity index (χ3n) is 4.31. The first-order valence-electron chi connectivity index (χ1n) is 8.89. The minimum Gasteiger partial charge on any atom is -0.344 e. The van der Waals surface area contributed by atoms with Crippen molar-refractivity contribution in [3.63, 3.8) is 0 Å². The number of hydrogen-bond acceptors (Lipinski definition) is 1. The van der Waals surface area contributed by atoms with Crippen LogP contribution in [0.15, 0.2) is 24.3 Å². The van der Waals surface area contributed by atoms with Gasteiger partial charge in [-0.25, -0.2) is 0 Å². The van der Waals surface area contributed by atoms with E-state index >= 15 is 0 Å². The molecule has 0 aliphatic heterocycles. The summed E-state index contributed by atoms with van der Waals surface area (Å²) in [5, 5.41) is 0. The fourth-order valence-electron chi connectivity index (χ4n) is 2.87. The van der Waals surface area contributed by atoms with Gasteiger partial charge in [-0.3, -0.25) is 0 Å². The fourth-order valence-corrected chi connectivity index (χ4v) is 2.87. The van der Waals surface area contributed by atoms with Gasteiger partial charge in [0.15, 0.2) is 0 Å². The Kier molecular flexibility index (Phi) is 13.6. The Morgan fingerprint density at radius 2 is 1.14 bits per heavy atom. The summed E-state index contributed by atoms with van der Waals surface area (Å²) >= 11 is 0. The lowest BCUT2D eigenvalue weighted by Crippen LogP contribution is -1.89. The van der Waals surface area contributed by atoms with E-state index in [1.165, 1.54) is 82.6 Å². The van der Waals surface area contributed by atoms with E-state index in [9.17, 15) is 0 Å². The van der Waals surface area contributed by atoms with Crippen LogP contribution >= 0.6 is 0 Å². The van der Waals surface area contributed by atoms with Crippen molar-refractivity contribution in [3.8, 4) is 0 Å². The average molecular weight is 292 g/mol. The van der Waals surface area contributed by atoms with Crippen LogP contribution in [0, 0.1) is 6.92 Å². The lowest BCUT2D eigenvalue weighted by molar-refractivity contribution is 0.549. The van der Waals surface area contributed by atoms with Gasteiger partial charge in [-0.1, -0.05) is 95.4 Å². The van der Waals surface area contributed by atoms with Crippen molar-refractivity contribution in [1.82, 2.24) is 6.15 Å². The van der Waals surface area contributed by atoms with Crippen molar-refractivity contribution >= 4 is 0 Å². The predicted molar refractivity (Wildman–Crippen MR) is 96.4 cm³/mol. The van der Waals surface area contributed by atoms with Crippen molar-refractivity contribution in [2.75, 3.05) is 0 Å². The van der Waals surface area contributed by atoms with Crippen molar-refractivity contribution < 1.29 is 0 Å². The van der Waals surface area contributed by atoms with Gasteiger partial charge in [0.25, 0.3) is 0 Å². The standard InChI is InChI=1S/C20H34.H3N/c1-3-4-5-6-7-8-9-10-11-12-13-17-20-18-15-14-16-19(20)2;/h14-16,18H,3-13,17H2,1-2H3;1H3. The lowest BCUT2D eigenvalue weighted by atomic mass is 10.0. The quantitative estimate of drug-likeness (QED) is 0.413. The molecule has 3 N–H and O–H groups in total. The maximum atomic E-state index is 2.29. The van der Waals surface area contributed by atoms with Gasteiger partial charge in [0.2, 0.25) is 0 Å². The van der Waals surface area contributed by atoms with E-state index in [-0.39, 0.29) is 6.15 Å². The molecule has 0 unspecified atom stereocenters. The van der Waals surface area contributed by atoms with Gasteiger partial charge in [0.05, 0.1) is 0 Å². The van der Waals surface area contributed by atoms with E-state index in [1.54, 1.807) is 5.56 Å². The van der Waals surface area contributed by atoms with Gasteiger partial charge in [-0.2, -0.15) is 0 Å². The molecule has 1 aromatic carbocycles. The SMILES string of the molecule is CCCCCCCCCCCCCc1ccccc1C.N. The molecule has 0 aliphatic carbocycles. The molecule has 0 radical (unpaired) electrons. The zero-order valence-electron chi connectivity index (χ0n) is 14.5. The van der Waals surface area contributed by atoms with Gasteiger partial charge in [-0.05, 0) is 30.9 Å². The first kappa shape index (κ1) is 20.2. The Hall–Kier alpha value is -0.820. The summed E-state index contributed by atoms with van der Waals surface area (Å²) in [6, 6.07) is 8.82. The van der Waals surface area contributed by atoms with Gasteiger partial charge in [0, 0.05) is 0 Å². The molecule has 0 aromatic heterocycles. The Labute approximate surface area is 133 Å². The predicted octanol–water partition coefficient (Wildman–Crippen LogP) is 7.01. The van der Waals surface area contributed by atoms with Crippen LogP contribution in [0.2, 0.25) is 0 Å². The smallest absolute Gasteiger partial charge is 0.0276 e. The normalized spacial score (nSPS) is 10.4. The second kappa shape index (κ2) is 14.1. The van der Waals surface area contributed by atoms with Gasteiger partial charge < -0.3 is 6.15 Å². The second-order valence-electron chi connectivity index (χ2n) is 6.21. The van der Waals surface area contributed by atoms with E-state index in [1.807, 2.05) is 0 Å². The second-order valence-corrected chi connectivity index (χ2v) is 6.21. The highest BCUT2D eigenvalue weighted by Crippen LogP contribution is 2.14. The number of unbranched alkanes of at least 4 members (excludes halogenated alkanes) is 10. The van der Waals surface area contributed by atoms with Crippen LogP contribution in [0.3, 0.4) is 0 Å². The molecule has 1 rings (SSSR count). The van der Waals surface area contributed by atoms with Crippen LogP contribution in [0.4, 0.5) is 0 Å². The van der Waals surface area contributed by atoms with E-state index < -0.39 is 0 Å². The van der Waals surface area contributed by atoms with Gasteiger partial charge >= 0.3 is 0 Å². The fraction of sp³-hybridized carbons (Fsp3) is 0.700. The van der Waals surface area contributed by atoms with Crippen LogP contribution in [0.1, 0.15) is 88.7 Å². The molecule has 1 nitrogen and oxygen atoms in total. The molecule has 0 heterocycles. The molecule has 0 bridgehead atoms. The largest absolute Gasteiger partial charge is 0.344 e. The number of hydrogen-bond donors (Lipinski definition) is 1. The molecule has 0 saturated heterocycles. The minimum atomic E-state index is 0. The van der Waals surface area contributed by atoms with Crippen molar-refractivity contribution in [2.24, 2.45) is 0 Å². The van der Waals surface area contributed by atoms with Crippen LogP contribution in [-0.4, -0.2) is 0 Å². The molecule has 0 spiro atoms. The summed E-state index contributed by atoms with van der Waals surface area (Å²) in [5.41, 5.74) is 3.00. The summed E-state index contributed by atoms with van der Waals surface area (Å²) in [7, 11) is 0. The summed E-state index contributed by atoms with van der Waals surface area (Å²) in [6.07, 6.45) is 17.0. The van der Waals surface area contributed by atoms with Gasteiger partial charge in [0.1, 0.15) is 0 Å². The highest BCUT2D eigenvalue weighted by molar-refractivity contribution is 5.25. The Bertz CT molecular complexity index is 332. The summed E-state index contributed by atoms with van der Waals surface area (Å²) < 4.78 is 0. The molecule has 0 fully saturated rings. The highest BCUT2D eigenvalue weighted by atomic mass is 14.0. The van der Waals surface area contributed by atoms with Crippen LogP contribution < -0.4 is 6.15 Å². The van der Waals surface area contributed by atoms with E-state index in [0.29, 0.717) is 0 Å². The Morgan fingerprint density at radius 3 is 1.67 bits per heavy atom. The highest BCUT2D eigenvalue weighted by Gasteiger charge is 1.97. The van der Waals surface area contributed by atoms with Gasteiger partial charge in [-0.15, -0.1) is 0 Å². The molecule has 122 valence electrons. The molecule has 21 heavy (non-hydrogen) atoms. The number of rotatable bonds is 12. The van der Waals surface area contributed by atoms with Crippen LogP contribution in [-0.2, 0) is 6.42 Å². The molecule has 0 aliphatic rings. The molecule has 0 saturated carbocycles. The topological polar surface area (TPSA) is 35.0 Å². The Balaban J connectivity index is 0.00000400. The molecular formula is C20H37N. The van der Waals surface area contributed by atoms with Crippen LogP contribution in [0.5, 0.6) is 0 Å². The number of aryl methyl sites for hydroxylation is 2. The zero-order valence-corrected chi connectivity index (χ0v) is 14.5. The molecular weight excluding hydrogens is 254 g/mol. The Morgan fingerprint density at radius 1 is 0.667 bits per heavy atom. The average Bonchev–Trinajstić information content (AvgIpc) is 2.46. The summed E-state index contributed by atoms with van der Waals surface area (Å²) in [4.78, 5) is 0. The molecule has 1 heteroatoms. The first-order chi connectivity index (χ1) is 9.84.